The first-order valence-corrected chi connectivity index (χ1v) is 12.7. The predicted molar refractivity (Wildman–Crippen MR) is 136 cm³/mol. The molecule has 0 aromatic heterocycles. The SMILES string of the molecule is CC(C)CC[C@]1(c2ccccc2)N=C(N)N(Cc2ccc(C(F)(F)F)c(C(=O)N3CC(C)C(F)C3)c2)C1=O. The number of amides is 2. The van der Waals surface area contributed by atoms with E-state index in [1.807, 2.05) is 44.2 Å². The van der Waals surface area contributed by atoms with Crippen molar-refractivity contribution in [3.8, 4) is 0 Å². The minimum atomic E-state index is -4.78. The zero-order valence-electron chi connectivity index (χ0n) is 21.6. The van der Waals surface area contributed by atoms with Gasteiger partial charge in [-0.15, -0.1) is 0 Å². The van der Waals surface area contributed by atoms with E-state index in [1.54, 1.807) is 6.92 Å². The van der Waals surface area contributed by atoms with Gasteiger partial charge in [0.1, 0.15) is 6.17 Å². The van der Waals surface area contributed by atoms with Crippen LogP contribution in [0.1, 0.15) is 60.7 Å². The summed E-state index contributed by atoms with van der Waals surface area (Å²) in [6, 6.07) is 12.2. The van der Waals surface area contributed by atoms with Gasteiger partial charge in [-0.25, -0.2) is 9.38 Å². The number of benzene rings is 2. The van der Waals surface area contributed by atoms with E-state index in [0.717, 1.165) is 17.0 Å². The Morgan fingerprint density at radius 2 is 1.84 bits per heavy atom. The van der Waals surface area contributed by atoms with E-state index >= 15 is 0 Å². The fourth-order valence-corrected chi connectivity index (χ4v) is 5.05. The number of hydrogen-bond acceptors (Lipinski definition) is 4. The van der Waals surface area contributed by atoms with Crippen LogP contribution in [-0.4, -0.2) is 46.8 Å². The lowest BCUT2D eigenvalue weighted by atomic mass is 9.83. The van der Waals surface area contributed by atoms with Crippen LogP contribution in [0.4, 0.5) is 17.6 Å². The molecule has 1 fully saturated rings. The number of alkyl halides is 4. The summed E-state index contributed by atoms with van der Waals surface area (Å²) < 4.78 is 55.5. The molecule has 0 aliphatic carbocycles. The molecule has 2 aliphatic rings. The Labute approximate surface area is 219 Å². The first kappa shape index (κ1) is 27.6. The number of carbonyl (C=O) groups excluding carboxylic acids is 2. The normalized spacial score (nSPS) is 23.9. The summed E-state index contributed by atoms with van der Waals surface area (Å²) in [4.78, 5) is 33.8. The molecule has 2 unspecified atom stereocenters. The Kier molecular flexibility index (Phi) is 7.54. The van der Waals surface area contributed by atoms with Gasteiger partial charge in [0, 0.05) is 12.5 Å². The number of halogens is 4. The molecule has 3 atom stereocenters. The van der Waals surface area contributed by atoms with E-state index in [9.17, 15) is 27.2 Å². The molecule has 2 N–H and O–H groups in total. The zero-order valence-corrected chi connectivity index (χ0v) is 21.6. The van der Waals surface area contributed by atoms with Gasteiger partial charge in [-0.05, 0) is 42.0 Å². The molecule has 0 bridgehead atoms. The van der Waals surface area contributed by atoms with Crippen LogP contribution in [-0.2, 0) is 23.1 Å². The molecule has 6 nitrogen and oxygen atoms in total. The van der Waals surface area contributed by atoms with Crippen molar-refractivity contribution < 1.29 is 27.2 Å². The fraction of sp³-hybridized carbons (Fsp3) is 0.464. The van der Waals surface area contributed by atoms with Gasteiger partial charge >= 0.3 is 6.18 Å². The average Bonchev–Trinajstić information content (AvgIpc) is 3.33. The minimum absolute atomic E-state index is 0.0290. The van der Waals surface area contributed by atoms with E-state index in [-0.39, 0.29) is 37.1 Å². The summed E-state index contributed by atoms with van der Waals surface area (Å²) in [5.74, 6) is -1.47. The van der Waals surface area contributed by atoms with Crippen molar-refractivity contribution in [2.24, 2.45) is 22.6 Å². The van der Waals surface area contributed by atoms with Crippen molar-refractivity contribution in [1.82, 2.24) is 9.80 Å². The molecule has 2 aromatic carbocycles. The number of nitrogens with zero attached hydrogens (tertiary/aromatic N) is 3. The summed E-state index contributed by atoms with van der Waals surface area (Å²) in [6.07, 6.45) is -4.97. The summed E-state index contributed by atoms with van der Waals surface area (Å²) in [5, 5.41) is 0. The minimum Gasteiger partial charge on any atom is -0.369 e. The maximum Gasteiger partial charge on any atom is 0.417 e. The second kappa shape index (κ2) is 10.4. The van der Waals surface area contributed by atoms with Crippen LogP contribution in [0.3, 0.4) is 0 Å². The topological polar surface area (TPSA) is 79.0 Å². The summed E-state index contributed by atoms with van der Waals surface area (Å²) in [7, 11) is 0. The number of carbonyl (C=O) groups is 2. The molecular weight excluding hydrogens is 500 g/mol. The molecule has 0 spiro atoms. The number of rotatable bonds is 7. The monoisotopic (exact) mass is 532 g/mol. The number of nitrogens with two attached hydrogens (primary N) is 1. The second-order valence-electron chi connectivity index (χ2n) is 10.6. The second-order valence-corrected chi connectivity index (χ2v) is 10.6. The summed E-state index contributed by atoms with van der Waals surface area (Å²) >= 11 is 0. The molecule has 10 heteroatoms. The van der Waals surface area contributed by atoms with Crippen molar-refractivity contribution in [3.05, 3.63) is 70.8 Å². The number of guanidine groups is 1. The van der Waals surface area contributed by atoms with E-state index in [4.69, 9.17) is 5.73 Å². The lowest BCUT2D eigenvalue weighted by Crippen LogP contribution is -2.42. The van der Waals surface area contributed by atoms with Gasteiger partial charge in [0.25, 0.3) is 11.8 Å². The third kappa shape index (κ3) is 5.26. The van der Waals surface area contributed by atoms with Crippen molar-refractivity contribution >= 4 is 17.8 Å². The third-order valence-electron chi connectivity index (χ3n) is 7.28. The highest BCUT2D eigenvalue weighted by Crippen LogP contribution is 2.39. The van der Waals surface area contributed by atoms with Crippen LogP contribution in [0.25, 0.3) is 0 Å². The molecule has 2 heterocycles. The molecule has 0 saturated carbocycles. The van der Waals surface area contributed by atoms with Crippen LogP contribution >= 0.6 is 0 Å². The summed E-state index contributed by atoms with van der Waals surface area (Å²) in [6.45, 7) is 5.29. The number of aliphatic imine (C=N–C) groups is 1. The molecule has 2 aliphatic heterocycles. The largest absolute Gasteiger partial charge is 0.417 e. The van der Waals surface area contributed by atoms with Crippen molar-refractivity contribution in [2.75, 3.05) is 13.1 Å². The molecule has 2 amide bonds. The van der Waals surface area contributed by atoms with Gasteiger partial charge in [-0.1, -0.05) is 57.2 Å². The number of hydrogen-bond donors (Lipinski definition) is 1. The molecule has 204 valence electrons. The lowest BCUT2D eigenvalue weighted by Gasteiger charge is -2.27. The van der Waals surface area contributed by atoms with Gasteiger partial charge in [0.05, 0.1) is 24.2 Å². The first-order chi connectivity index (χ1) is 17.8. The highest BCUT2D eigenvalue weighted by Gasteiger charge is 2.49. The van der Waals surface area contributed by atoms with Crippen LogP contribution in [0.15, 0.2) is 53.5 Å². The van der Waals surface area contributed by atoms with Gasteiger partial charge in [0.15, 0.2) is 11.5 Å². The predicted octanol–water partition coefficient (Wildman–Crippen LogP) is 5.12. The average molecular weight is 533 g/mol. The van der Waals surface area contributed by atoms with Gasteiger partial charge < -0.3 is 10.6 Å². The Balaban J connectivity index is 1.67. The quantitative estimate of drug-likeness (QED) is 0.503. The zero-order chi connectivity index (χ0) is 27.8. The Morgan fingerprint density at radius 1 is 1.16 bits per heavy atom. The van der Waals surface area contributed by atoms with Crippen LogP contribution < -0.4 is 5.73 Å². The fourth-order valence-electron chi connectivity index (χ4n) is 5.05. The summed E-state index contributed by atoms with van der Waals surface area (Å²) in [5.41, 5.74) is 4.27. The Morgan fingerprint density at radius 3 is 2.42 bits per heavy atom. The van der Waals surface area contributed by atoms with Crippen LogP contribution in [0.5, 0.6) is 0 Å². The van der Waals surface area contributed by atoms with Gasteiger partial charge in [-0.2, -0.15) is 13.2 Å². The highest BCUT2D eigenvalue weighted by molar-refractivity contribution is 6.07. The van der Waals surface area contributed by atoms with Crippen LogP contribution in [0.2, 0.25) is 0 Å². The molecule has 0 radical (unpaired) electrons. The Bertz CT molecular complexity index is 1220. The molecule has 2 aromatic rings. The first-order valence-electron chi connectivity index (χ1n) is 12.7. The van der Waals surface area contributed by atoms with Crippen molar-refractivity contribution in [3.63, 3.8) is 0 Å². The molecule has 1 saturated heterocycles. The third-order valence-corrected chi connectivity index (χ3v) is 7.28. The lowest BCUT2D eigenvalue weighted by molar-refractivity contribution is -0.138. The Hall–Kier alpha value is -3.43. The highest BCUT2D eigenvalue weighted by atomic mass is 19.4. The van der Waals surface area contributed by atoms with E-state index < -0.39 is 40.8 Å². The van der Waals surface area contributed by atoms with E-state index in [0.29, 0.717) is 24.3 Å². The maximum atomic E-state index is 14.1. The van der Waals surface area contributed by atoms with Crippen molar-refractivity contribution in [2.45, 2.75) is 58.0 Å². The molecular formula is C28H32F4N4O2. The maximum absolute atomic E-state index is 14.1. The van der Waals surface area contributed by atoms with E-state index in [2.05, 4.69) is 4.99 Å². The van der Waals surface area contributed by atoms with Gasteiger partial charge in [0.2, 0.25) is 0 Å². The smallest absolute Gasteiger partial charge is 0.369 e. The molecule has 38 heavy (non-hydrogen) atoms. The van der Waals surface area contributed by atoms with Gasteiger partial charge in [-0.3, -0.25) is 14.5 Å². The van der Waals surface area contributed by atoms with Crippen LogP contribution in [0, 0.1) is 11.8 Å². The standard InChI is InChI=1S/C28H32F4N4O2/c1-17(2)11-12-27(20-7-5-4-6-8-20)25(38)36(26(33)34-27)15-19-9-10-22(28(30,31)32)21(13-19)24(37)35-14-18(3)23(29)16-35/h4-10,13,17-18,23H,11-12,14-16H2,1-3H3,(H2,33,34)/t18?,23?,27-/m1/s1. The molecule has 4 rings (SSSR count). The number of likely N-dealkylation sites (tertiary alicyclic amines) is 1. The van der Waals surface area contributed by atoms with E-state index in [1.165, 1.54) is 11.0 Å². The van der Waals surface area contributed by atoms with Crippen molar-refractivity contribution in [1.29, 1.82) is 0 Å².